The number of aryl methyl sites for hydroxylation is 1. The van der Waals surface area contributed by atoms with Gasteiger partial charge in [-0.3, -0.25) is 9.69 Å². The molecule has 2 aromatic carbocycles. The maximum absolute atomic E-state index is 13.4. The Morgan fingerprint density at radius 1 is 1.14 bits per heavy atom. The molecule has 0 saturated carbocycles. The maximum Gasteiger partial charge on any atom is 0.260 e. The number of carbonyl (C=O) groups excluding carboxylic acids is 1. The smallest absolute Gasteiger partial charge is 0.260 e. The molecule has 1 aliphatic rings. The number of fused-ring (bicyclic) bond motifs is 2. The van der Waals surface area contributed by atoms with Gasteiger partial charge in [-0.05, 0) is 48.9 Å². The second-order valence-electron chi connectivity index (χ2n) is 6.46. The van der Waals surface area contributed by atoms with E-state index in [1.54, 1.807) is 35.4 Å². The molecule has 7 heteroatoms. The summed E-state index contributed by atoms with van der Waals surface area (Å²) < 4.78 is 17.3. The van der Waals surface area contributed by atoms with Gasteiger partial charge < -0.3 is 13.9 Å². The Labute approximate surface area is 164 Å². The van der Waals surface area contributed by atoms with Gasteiger partial charge in [0.25, 0.3) is 5.91 Å². The molecular formula is C21H16N2O4S. The van der Waals surface area contributed by atoms with Crippen molar-refractivity contribution in [3.8, 4) is 11.5 Å². The molecule has 1 aliphatic heterocycles. The lowest BCUT2D eigenvalue weighted by Crippen LogP contribution is -2.30. The molecule has 140 valence electrons. The molecule has 5 rings (SSSR count). The van der Waals surface area contributed by atoms with E-state index >= 15 is 0 Å². The Balaban J connectivity index is 1.57. The lowest BCUT2D eigenvalue weighted by Gasteiger charge is -2.19. The summed E-state index contributed by atoms with van der Waals surface area (Å²) in [4.78, 5) is 19.8. The highest BCUT2D eigenvalue weighted by Crippen LogP contribution is 2.35. The van der Waals surface area contributed by atoms with Gasteiger partial charge >= 0.3 is 0 Å². The first-order valence-electron chi connectivity index (χ1n) is 8.79. The lowest BCUT2D eigenvalue weighted by atomic mass is 10.1. The van der Waals surface area contributed by atoms with E-state index in [9.17, 15) is 4.79 Å². The van der Waals surface area contributed by atoms with E-state index in [0.29, 0.717) is 34.5 Å². The Bertz CT molecular complexity index is 1170. The summed E-state index contributed by atoms with van der Waals surface area (Å²) in [6, 6.07) is 14.9. The Kier molecular flexibility index (Phi) is 4.02. The number of benzene rings is 2. The number of hydrogen-bond donors (Lipinski definition) is 0. The van der Waals surface area contributed by atoms with Crippen LogP contribution in [0, 0.1) is 6.92 Å². The van der Waals surface area contributed by atoms with Crippen LogP contribution in [0.2, 0.25) is 0 Å². The van der Waals surface area contributed by atoms with Crippen molar-refractivity contribution in [1.29, 1.82) is 0 Å². The molecule has 0 N–H and O–H groups in total. The fourth-order valence-corrected chi connectivity index (χ4v) is 4.20. The maximum atomic E-state index is 13.4. The van der Waals surface area contributed by atoms with Gasteiger partial charge in [-0.2, -0.15) is 0 Å². The van der Waals surface area contributed by atoms with Gasteiger partial charge in [-0.1, -0.05) is 23.5 Å². The first-order chi connectivity index (χ1) is 13.7. The van der Waals surface area contributed by atoms with Crippen LogP contribution in [-0.2, 0) is 6.54 Å². The summed E-state index contributed by atoms with van der Waals surface area (Å²) in [7, 11) is 0. The number of rotatable bonds is 4. The Morgan fingerprint density at radius 2 is 2.04 bits per heavy atom. The van der Waals surface area contributed by atoms with Crippen LogP contribution in [0.1, 0.15) is 21.7 Å². The molecule has 6 nitrogen and oxygen atoms in total. The first kappa shape index (κ1) is 16.8. The van der Waals surface area contributed by atoms with Gasteiger partial charge in [0.15, 0.2) is 16.6 Å². The SMILES string of the molecule is Cc1cccc2sc(N(Cc3ccco3)C(=O)c3ccc4c(c3)OCO4)nc12. The molecule has 3 heterocycles. The summed E-state index contributed by atoms with van der Waals surface area (Å²) in [5.74, 6) is 1.73. The van der Waals surface area contributed by atoms with Crippen LogP contribution in [0.25, 0.3) is 10.2 Å². The van der Waals surface area contributed by atoms with Crippen molar-refractivity contribution in [3.05, 3.63) is 71.7 Å². The zero-order valence-corrected chi connectivity index (χ0v) is 15.9. The average molecular weight is 392 g/mol. The van der Waals surface area contributed by atoms with E-state index in [0.717, 1.165) is 15.8 Å². The second kappa shape index (κ2) is 6.69. The summed E-state index contributed by atoms with van der Waals surface area (Å²) >= 11 is 1.49. The predicted molar refractivity (Wildman–Crippen MR) is 106 cm³/mol. The first-order valence-corrected chi connectivity index (χ1v) is 9.61. The van der Waals surface area contributed by atoms with E-state index in [1.807, 2.05) is 31.2 Å². The lowest BCUT2D eigenvalue weighted by molar-refractivity contribution is 0.0983. The molecule has 0 aliphatic carbocycles. The molecule has 0 bridgehead atoms. The highest BCUT2D eigenvalue weighted by molar-refractivity contribution is 7.22. The van der Waals surface area contributed by atoms with Crippen molar-refractivity contribution in [2.45, 2.75) is 13.5 Å². The van der Waals surface area contributed by atoms with Crippen molar-refractivity contribution >= 4 is 32.6 Å². The normalized spacial score (nSPS) is 12.5. The van der Waals surface area contributed by atoms with Crippen molar-refractivity contribution < 1.29 is 18.7 Å². The van der Waals surface area contributed by atoms with Gasteiger partial charge in [0.1, 0.15) is 5.76 Å². The zero-order valence-electron chi connectivity index (χ0n) is 15.0. The van der Waals surface area contributed by atoms with E-state index in [4.69, 9.17) is 18.9 Å². The summed E-state index contributed by atoms with van der Waals surface area (Å²) in [5.41, 5.74) is 2.49. The van der Waals surface area contributed by atoms with Crippen molar-refractivity contribution in [3.63, 3.8) is 0 Å². The minimum atomic E-state index is -0.175. The highest BCUT2D eigenvalue weighted by Gasteiger charge is 2.25. The molecule has 0 unspecified atom stereocenters. The standard InChI is InChI=1S/C21H16N2O4S/c1-13-4-2-6-18-19(13)22-21(28-18)23(11-15-5-3-9-25-15)20(24)14-7-8-16-17(10-14)27-12-26-16/h2-10H,11-12H2,1H3. The highest BCUT2D eigenvalue weighted by atomic mass is 32.1. The predicted octanol–water partition coefficient (Wildman–Crippen LogP) is 4.77. The number of nitrogens with zero attached hydrogens (tertiary/aromatic N) is 2. The third-order valence-electron chi connectivity index (χ3n) is 4.60. The fourth-order valence-electron chi connectivity index (χ4n) is 3.16. The molecule has 2 aromatic heterocycles. The average Bonchev–Trinajstić information content (AvgIpc) is 3.45. The molecule has 0 saturated heterocycles. The molecule has 4 aromatic rings. The third kappa shape index (κ3) is 2.90. The number of carbonyl (C=O) groups is 1. The zero-order chi connectivity index (χ0) is 19.1. The van der Waals surface area contributed by atoms with Crippen LogP contribution in [0.15, 0.2) is 59.2 Å². The summed E-state index contributed by atoms with van der Waals surface area (Å²) in [6.45, 7) is 2.47. The molecule has 0 spiro atoms. The second-order valence-corrected chi connectivity index (χ2v) is 7.47. The fraction of sp³-hybridized carbons (Fsp3) is 0.143. The molecular weight excluding hydrogens is 376 g/mol. The molecule has 0 fully saturated rings. The Hall–Kier alpha value is -3.32. The molecule has 0 radical (unpaired) electrons. The van der Waals surface area contributed by atoms with Crippen LogP contribution in [0.5, 0.6) is 11.5 Å². The van der Waals surface area contributed by atoms with Crippen LogP contribution in [-0.4, -0.2) is 17.7 Å². The number of para-hydroxylation sites is 1. The monoisotopic (exact) mass is 392 g/mol. The minimum Gasteiger partial charge on any atom is -0.467 e. The summed E-state index contributed by atoms with van der Waals surface area (Å²) in [5, 5.41) is 0.628. The van der Waals surface area contributed by atoms with Crippen LogP contribution < -0.4 is 14.4 Å². The largest absolute Gasteiger partial charge is 0.467 e. The number of furan rings is 1. The van der Waals surface area contributed by atoms with Gasteiger partial charge in [-0.25, -0.2) is 4.98 Å². The number of hydrogen-bond acceptors (Lipinski definition) is 6. The van der Waals surface area contributed by atoms with E-state index < -0.39 is 0 Å². The molecule has 0 atom stereocenters. The third-order valence-corrected chi connectivity index (χ3v) is 5.64. The van der Waals surface area contributed by atoms with Gasteiger partial charge in [0.05, 0.1) is 23.0 Å². The van der Waals surface area contributed by atoms with E-state index in [2.05, 4.69) is 0 Å². The molecule has 1 amide bonds. The van der Waals surface area contributed by atoms with E-state index in [1.165, 1.54) is 11.3 Å². The number of thiazole rings is 1. The molecule has 28 heavy (non-hydrogen) atoms. The van der Waals surface area contributed by atoms with E-state index in [-0.39, 0.29) is 12.7 Å². The van der Waals surface area contributed by atoms with Crippen LogP contribution in [0.3, 0.4) is 0 Å². The van der Waals surface area contributed by atoms with Crippen LogP contribution in [0.4, 0.5) is 5.13 Å². The van der Waals surface area contributed by atoms with Gasteiger partial charge in [0.2, 0.25) is 6.79 Å². The summed E-state index contributed by atoms with van der Waals surface area (Å²) in [6.07, 6.45) is 1.60. The quantitative estimate of drug-likeness (QED) is 0.500. The van der Waals surface area contributed by atoms with Gasteiger partial charge in [-0.15, -0.1) is 0 Å². The number of aromatic nitrogens is 1. The number of amides is 1. The number of anilines is 1. The van der Waals surface area contributed by atoms with Crippen molar-refractivity contribution in [1.82, 2.24) is 4.98 Å². The van der Waals surface area contributed by atoms with Gasteiger partial charge in [0, 0.05) is 5.56 Å². The van der Waals surface area contributed by atoms with Crippen LogP contribution >= 0.6 is 11.3 Å². The topological polar surface area (TPSA) is 64.8 Å². The number of ether oxygens (including phenoxy) is 2. The Morgan fingerprint density at radius 3 is 2.86 bits per heavy atom. The van der Waals surface area contributed by atoms with Crippen molar-refractivity contribution in [2.24, 2.45) is 0 Å². The van der Waals surface area contributed by atoms with Crippen molar-refractivity contribution in [2.75, 3.05) is 11.7 Å². The minimum absolute atomic E-state index is 0.167.